The van der Waals surface area contributed by atoms with Crippen molar-refractivity contribution in [3.8, 4) is 0 Å². The summed E-state index contributed by atoms with van der Waals surface area (Å²) in [6.45, 7) is 4.21. The van der Waals surface area contributed by atoms with E-state index in [1.807, 2.05) is 36.4 Å². The molecule has 2 heteroatoms. The Morgan fingerprint density at radius 1 is 1.03 bits per heavy atom. The summed E-state index contributed by atoms with van der Waals surface area (Å²) in [5.41, 5.74) is 14.0. The van der Waals surface area contributed by atoms with Gasteiger partial charge in [-0.15, -0.1) is 0 Å². The second kappa shape index (κ2) is 9.15. The lowest BCUT2D eigenvalue weighted by Gasteiger charge is -2.24. The highest BCUT2D eigenvalue weighted by Crippen LogP contribution is 2.33. The number of anilines is 1. The normalized spacial score (nSPS) is 18.5. The fourth-order valence-electron chi connectivity index (χ4n) is 3.65. The van der Waals surface area contributed by atoms with Gasteiger partial charge in [-0.25, -0.2) is 0 Å². The molecule has 2 N–H and O–H groups in total. The second-order valence-electron chi connectivity index (χ2n) is 7.36. The van der Waals surface area contributed by atoms with Crippen molar-refractivity contribution in [1.29, 1.82) is 0 Å². The lowest BCUT2D eigenvalue weighted by molar-refractivity contribution is 1.15. The highest BCUT2D eigenvalue weighted by molar-refractivity contribution is 5.71. The number of hydrogen-bond acceptors (Lipinski definition) is 2. The third kappa shape index (κ3) is 4.44. The number of nitrogens with zero attached hydrogens (tertiary/aromatic N) is 1. The van der Waals surface area contributed by atoms with Crippen LogP contribution in [0.4, 0.5) is 5.69 Å². The quantitative estimate of drug-likeness (QED) is 0.595. The predicted molar refractivity (Wildman–Crippen MR) is 129 cm³/mol. The van der Waals surface area contributed by atoms with E-state index in [1.54, 1.807) is 0 Å². The summed E-state index contributed by atoms with van der Waals surface area (Å²) in [5.74, 6) is 0. The lowest BCUT2D eigenvalue weighted by atomic mass is 10.0. The summed E-state index contributed by atoms with van der Waals surface area (Å²) in [4.78, 5) is 2.20. The van der Waals surface area contributed by atoms with Crippen molar-refractivity contribution in [3.63, 3.8) is 0 Å². The first-order chi connectivity index (χ1) is 14.7. The van der Waals surface area contributed by atoms with Crippen LogP contribution in [0.1, 0.15) is 17.5 Å². The first kappa shape index (κ1) is 19.5. The Kier molecular flexibility index (Phi) is 5.95. The molecule has 2 aromatic carbocycles. The van der Waals surface area contributed by atoms with E-state index in [2.05, 4.69) is 84.4 Å². The molecule has 1 aliphatic heterocycles. The molecule has 0 radical (unpaired) electrons. The molecule has 1 heterocycles. The molecule has 1 aliphatic carbocycles. The molecule has 0 amide bonds. The summed E-state index contributed by atoms with van der Waals surface area (Å²) < 4.78 is 0. The van der Waals surface area contributed by atoms with Crippen LogP contribution in [0.25, 0.3) is 5.70 Å². The molecule has 2 aliphatic rings. The highest BCUT2D eigenvalue weighted by atomic mass is 15.1. The molecule has 30 heavy (non-hydrogen) atoms. The molecule has 148 valence electrons. The van der Waals surface area contributed by atoms with Crippen molar-refractivity contribution in [3.05, 3.63) is 144 Å². The second-order valence-corrected chi connectivity index (χ2v) is 7.36. The van der Waals surface area contributed by atoms with Gasteiger partial charge < -0.3 is 10.6 Å². The zero-order valence-corrected chi connectivity index (χ0v) is 17.0. The van der Waals surface area contributed by atoms with Crippen LogP contribution in [0.2, 0.25) is 0 Å². The molecule has 0 atom stereocenters. The van der Waals surface area contributed by atoms with Crippen molar-refractivity contribution < 1.29 is 0 Å². The Bertz CT molecular complexity index is 1110. The molecule has 2 aromatic rings. The Labute approximate surface area is 179 Å². The third-order valence-electron chi connectivity index (χ3n) is 5.26. The number of benzene rings is 2. The van der Waals surface area contributed by atoms with E-state index in [-0.39, 0.29) is 0 Å². The molecule has 0 saturated carbocycles. The molecular weight excluding hydrogens is 364 g/mol. The fraction of sp³-hybridized carbons (Fsp3) is 0.0714. The minimum atomic E-state index is 0.748. The van der Waals surface area contributed by atoms with Crippen LogP contribution in [0, 0.1) is 0 Å². The van der Waals surface area contributed by atoms with Gasteiger partial charge in [-0.05, 0) is 65.5 Å². The van der Waals surface area contributed by atoms with Crippen molar-refractivity contribution in [2.45, 2.75) is 12.8 Å². The number of rotatable bonds is 5. The smallest absolute Gasteiger partial charge is 0.0493 e. The first-order valence-corrected chi connectivity index (χ1v) is 10.2. The standard InChI is InChI=1S/C28H26N2/c1-22-11-7-8-20-30(28-19-10-17-26(22)28)25-16-9-15-24(21-25)27(29)18-6-5-14-23-12-3-2-4-13-23/h2-13,15-16,18-21H,1,14,17,29H2/b6-5-,11-7-,20-8-,27-18-. The maximum absolute atomic E-state index is 6.38. The average molecular weight is 391 g/mol. The molecule has 0 fully saturated rings. The van der Waals surface area contributed by atoms with Crippen LogP contribution in [0.5, 0.6) is 0 Å². The van der Waals surface area contributed by atoms with Crippen LogP contribution >= 0.6 is 0 Å². The van der Waals surface area contributed by atoms with E-state index >= 15 is 0 Å². The van der Waals surface area contributed by atoms with Gasteiger partial charge in [-0.2, -0.15) is 0 Å². The molecule has 0 aromatic heterocycles. The van der Waals surface area contributed by atoms with Crippen LogP contribution < -0.4 is 10.6 Å². The van der Waals surface area contributed by atoms with Gasteiger partial charge in [0.05, 0.1) is 0 Å². The van der Waals surface area contributed by atoms with Crippen LogP contribution in [-0.2, 0) is 6.42 Å². The number of nitrogens with two attached hydrogens (primary N) is 1. The van der Waals surface area contributed by atoms with E-state index in [4.69, 9.17) is 5.73 Å². The van der Waals surface area contributed by atoms with Crippen LogP contribution in [-0.4, -0.2) is 0 Å². The SMILES string of the molecule is C=C1/C=C\C=C/N(c2cccc(/C(N)=C/C=C\Cc3ccccc3)c2)C2=C1CC=C2. The zero-order chi connectivity index (χ0) is 20.8. The topological polar surface area (TPSA) is 29.3 Å². The van der Waals surface area contributed by atoms with Gasteiger partial charge in [-0.3, -0.25) is 0 Å². The van der Waals surface area contributed by atoms with Crippen molar-refractivity contribution in [1.82, 2.24) is 0 Å². The van der Waals surface area contributed by atoms with E-state index in [0.29, 0.717) is 0 Å². The largest absolute Gasteiger partial charge is 0.398 e. The van der Waals surface area contributed by atoms with Crippen molar-refractivity contribution in [2.75, 3.05) is 4.90 Å². The lowest BCUT2D eigenvalue weighted by Crippen LogP contribution is -2.16. The molecule has 4 rings (SSSR count). The molecule has 0 spiro atoms. The summed E-state index contributed by atoms with van der Waals surface area (Å²) >= 11 is 0. The Morgan fingerprint density at radius 3 is 2.77 bits per heavy atom. The predicted octanol–water partition coefficient (Wildman–Crippen LogP) is 6.45. The molecule has 0 saturated heterocycles. The minimum Gasteiger partial charge on any atom is -0.398 e. The summed E-state index contributed by atoms with van der Waals surface area (Å²) in [7, 11) is 0. The van der Waals surface area contributed by atoms with E-state index < -0.39 is 0 Å². The third-order valence-corrected chi connectivity index (χ3v) is 5.26. The zero-order valence-electron chi connectivity index (χ0n) is 17.0. The van der Waals surface area contributed by atoms with E-state index in [1.165, 1.54) is 16.8 Å². The fourth-order valence-corrected chi connectivity index (χ4v) is 3.65. The Hall–Kier alpha value is -3.78. The van der Waals surface area contributed by atoms with Gasteiger partial charge >= 0.3 is 0 Å². The van der Waals surface area contributed by atoms with Gasteiger partial charge in [0.15, 0.2) is 0 Å². The summed E-state index contributed by atoms with van der Waals surface area (Å²) in [6.07, 6.45) is 20.5. The monoisotopic (exact) mass is 390 g/mol. The molecule has 0 bridgehead atoms. The highest BCUT2D eigenvalue weighted by Gasteiger charge is 2.18. The molecular formula is C28H26N2. The molecule has 2 nitrogen and oxygen atoms in total. The summed E-state index contributed by atoms with van der Waals surface area (Å²) in [5, 5.41) is 0. The Morgan fingerprint density at radius 2 is 1.90 bits per heavy atom. The van der Waals surface area contributed by atoms with Crippen molar-refractivity contribution in [2.24, 2.45) is 5.73 Å². The minimum absolute atomic E-state index is 0.748. The van der Waals surface area contributed by atoms with Gasteiger partial charge in [-0.1, -0.05) is 79.4 Å². The number of hydrogen-bond donors (Lipinski definition) is 1. The van der Waals surface area contributed by atoms with Crippen LogP contribution in [0.15, 0.2) is 133 Å². The Balaban J connectivity index is 1.56. The average Bonchev–Trinajstić information content (AvgIpc) is 3.25. The number of allylic oxidation sites excluding steroid dienone is 10. The van der Waals surface area contributed by atoms with Crippen LogP contribution in [0.3, 0.4) is 0 Å². The summed E-state index contributed by atoms with van der Waals surface area (Å²) in [6, 6.07) is 18.7. The van der Waals surface area contributed by atoms with Gasteiger partial charge in [0.2, 0.25) is 0 Å². The van der Waals surface area contributed by atoms with Gasteiger partial charge in [0.1, 0.15) is 0 Å². The maximum atomic E-state index is 6.38. The van der Waals surface area contributed by atoms with Crippen molar-refractivity contribution >= 4 is 11.4 Å². The maximum Gasteiger partial charge on any atom is 0.0493 e. The first-order valence-electron chi connectivity index (χ1n) is 10.2. The van der Waals surface area contributed by atoms with Gasteiger partial charge in [0.25, 0.3) is 0 Å². The van der Waals surface area contributed by atoms with E-state index in [9.17, 15) is 0 Å². The van der Waals surface area contributed by atoms with E-state index in [0.717, 1.165) is 35.4 Å². The molecule has 0 unspecified atom stereocenters. The van der Waals surface area contributed by atoms with Gasteiger partial charge in [0, 0.05) is 23.3 Å².